The van der Waals surface area contributed by atoms with Crippen LogP contribution in [0.2, 0.25) is 0 Å². The molecular weight excluding hydrogens is 338 g/mol. The Morgan fingerprint density at radius 2 is 1.60 bits per heavy atom. The van der Waals surface area contributed by atoms with Gasteiger partial charge in [-0.15, -0.1) is 0 Å². The lowest BCUT2D eigenvalue weighted by molar-refractivity contribution is -0.121. The fourth-order valence-corrected chi connectivity index (χ4v) is 3.48. The second-order valence-corrected chi connectivity index (χ2v) is 8.06. The van der Waals surface area contributed by atoms with Gasteiger partial charge in [-0.1, -0.05) is 6.92 Å². The topological polar surface area (TPSA) is 69.7 Å². The standard InChI is InChI=1S/C18H31N3O3S/c1-6-15(4)19-18(22)13-14-21(25(5,23)24)17-11-9-16(10-12-17)20(7-2)8-3/h9-12,15H,6-8,13-14H2,1-5H3,(H,19,22). The van der Waals surface area contributed by atoms with Gasteiger partial charge in [-0.3, -0.25) is 9.10 Å². The van der Waals surface area contributed by atoms with Gasteiger partial charge in [-0.2, -0.15) is 0 Å². The largest absolute Gasteiger partial charge is 0.372 e. The fourth-order valence-electron chi connectivity index (χ4n) is 2.56. The lowest BCUT2D eigenvalue weighted by atomic mass is 10.2. The normalized spacial score (nSPS) is 12.5. The molecule has 0 aliphatic heterocycles. The SMILES string of the molecule is CCC(C)NC(=O)CCN(c1ccc(N(CC)CC)cc1)S(C)(=O)=O. The molecule has 0 aromatic heterocycles. The molecule has 1 aromatic carbocycles. The van der Waals surface area contributed by atoms with E-state index >= 15 is 0 Å². The molecule has 1 atom stereocenters. The molecule has 0 spiro atoms. The van der Waals surface area contributed by atoms with E-state index in [0.717, 1.165) is 31.5 Å². The predicted molar refractivity (Wildman–Crippen MR) is 105 cm³/mol. The Balaban J connectivity index is 2.88. The number of sulfonamides is 1. The van der Waals surface area contributed by atoms with E-state index in [9.17, 15) is 13.2 Å². The van der Waals surface area contributed by atoms with Crippen molar-refractivity contribution >= 4 is 27.3 Å². The first-order valence-corrected chi connectivity index (χ1v) is 10.7. The molecule has 0 saturated heterocycles. The molecule has 0 saturated carbocycles. The summed E-state index contributed by atoms with van der Waals surface area (Å²) < 4.78 is 25.6. The van der Waals surface area contributed by atoms with E-state index in [4.69, 9.17) is 0 Å². The van der Waals surface area contributed by atoms with Crippen molar-refractivity contribution in [1.82, 2.24) is 5.32 Å². The van der Waals surface area contributed by atoms with E-state index in [2.05, 4.69) is 24.1 Å². The highest BCUT2D eigenvalue weighted by molar-refractivity contribution is 7.92. The van der Waals surface area contributed by atoms with E-state index in [1.165, 1.54) is 4.31 Å². The second-order valence-electron chi connectivity index (χ2n) is 6.15. The Morgan fingerprint density at radius 1 is 1.08 bits per heavy atom. The summed E-state index contributed by atoms with van der Waals surface area (Å²) in [6.45, 7) is 9.99. The number of carbonyl (C=O) groups excluding carboxylic acids is 1. The van der Waals surface area contributed by atoms with Gasteiger partial charge in [-0.25, -0.2) is 8.42 Å². The van der Waals surface area contributed by atoms with Crippen LogP contribution in [0.25, 0.3) is 0 Å². The third-order valence-electron chi connectivity index (χ3n) is 4.23. The summed E-state index contributed by atoms with van der Waals surface area (Å²) in [6, 6.07) is 7.51. The van der Waals surface area contributed by atoms with Gasteiger partial charge in [0.15, 0.2) is 0 Å². The Hall–Kier alpha value is -1.76. The van der Waals surface area contributed by atoms with Crippen LogP contribution < -0.4 is 14.5 Å². The van der Waals surface area contributed by atoms with Crippen molar-refractivity contribution in [3.63, 3.8) is 0 Å². The number of benzene rings is 1. The highest BCUT2D eigenvalue weighted by atomic mass is 32.2. The van der Waals surface area contributed by atoms with E-state index in [1.54, 1.807) is 12.1 Å². The first kappa shape index (κ1) is 21.3. The van der Waals surface area contributed by atoms with Crippen LogP contribution in [0.5, 0.6) is 0 Å². The second kappa shape index (κ2) is 9.65. The Bertz CT molecular complexity index is 640. The maximum atomic E-state index is 12.1. The number of anilines is 2. The van der Waals surface area contributed by atoms with Crippen molar-refractivity contribution in [2.75, 3.05) is 35.1 Å². The maximum absolute atomic E-state index is 12.1. The molecule has 0 radical (unpaired) electrons. The first-order valence-electron chi connectivity index (χ1n) is 8.84. The van der Waals surface area contributed by atoms with Gasteiger partial charge in [0.2, 0.25) is 15.9 Å². The number of amides is 1. The van der Waals surface area contributed by atoms with Crippen molar-refractivity contribution in [1.29, 1.82) is 0 Å². The number of nitrogens with zero attached hydrogens (tertiary/aromatic N) is 2. The van der Waals surface area contributed by atoms with Crippen molar-refractivity contribution in [2.24, 2.45) is 0 Å². The zero-order chi connectivity index (χ0) is 19.0. The summed E-state index contributed by atoms with van der Waals surface area (Å²) in [5.41, 5.74) is 1.63. The van der Waals surface area contributed by atoms with Gasteiger partial charge < -0.3 is 10.2 Å². The summed E-state index contributed by atoms with van der Waals surface area (Å²) in [5, 5.41) is 2.86. The Morgan fingerprint density at radius 3 is 2.04 bits per heavy atom. The molecule has 1 rings (SSSR count). The minimum atomic E-state index is -3.45. The molecule has 1 N–H and O–H groups in total. The molecule has 0 aliphatic carbocycles. The summed E-state index contributed by atoms with van der Waals surface area (Å²) in [4.78, 5) is 14.1. The fraction of sp³-hybridized carbons (Fsp3) is 0.611. The average molecular weight is 370 g/mol. The predicted octanol–water partition coefficient (Wildman–Crippen LogP) is 2.60. The molecule has 0 heterocycles. The van der Waals surface area contributed by atoms with Gasteiger partial charge in [-0.05, 0) is 51.5 Å². The molecule has 142 valence electrons. The molecular formula is C18H31N3O3S. The van der Waals surface area contributed by atoms with Crippen molar-refractivity contribution in [2.45, 2.75) is 46.6 Å². The third kappa shape index (κ3) is 6.57. The third-order valence-corrected chi connectivity index (χ3v) is 5.42. The highest BCUT2D eigenvalue weighted by Crippen LogP contribution is 2.22. The van der Waals surface area contributed by atoms with Crippen LogP contribution in [0.1, 0.15) is 40.5 Å². The summed E-state index contributed by atoms with van der Waals surface area (Å²) in [5.74, 6) is -0.136. The molecule has 7 heteroatoms. The van der Waals surface area contributed by atoms with E-state index in [0.29, 0.717) is 5.69 Å². The zero-order valence-corrected chi connectivity index (χ0v) is 16.8. The molecule has 0 fully saturated rings. The summed E-state index contributed by atoms with van der Waals surface area (Å²) >= 11 is 0. The smallest absolute Gasteiger partial charge is 0.232 e. The molecule has 0 aliphatic rings. The quantitative estimate of drug-likeness (QED) is 0.688. The molecule has 0 bridgehead atoms. The first-order chi connectivity index (χ1) is 11.7. The average Bonchev–Trinajstić information content (AvgIpc) is 2.56. The Kier molecular flexibility index (Phi) is 8.22. The highest BCUT2D eigenvalue weighted by Gasteiger charge is 2.19. The number of nitrogens with one attached hydrogen (secondary N) is 1. The number of hydrogen-bond acceptors (Lipinski definition) is 4. The van der Waals surface area contributed by atoms with Crippen LogP contribution in [0.4, 0.5) is 11.4 Å². The van der Waals surface area contributed by atoms with Crippen LogP contribution in [-0.4, -0.2) is 46.3 Å². The van der Waals surface area contributed by atoms with Crippen LogP contribution in [-0.2, 0) is 14.8 Å². The van der Waals surface area contributed by atoms with E-state index < -0.39 is 10.0 Å². The monoisotopic (exact) mass is 369 g/mol. The van der Waals surface area contributed by atoms with Crippen molar-refractivity contribution in [3.05, 3.63) is 24.3 Å². The van der Waals surface area contributed by atoms with Gasteiger partial charge >= 0.3 is 0 Å². The number of carbonyl (C=O) groups is 1. The summed E-state index contributed by atoms with van der Waals surface area (Å²) in [6.07, 6.45) is 2.14. The van der Waals surface area contributed by atoms with Gasteiger partial charge in [0.05, 0.1) is 11.9 Å². The zero-order valence-electron chi connectivity index (χ0n) is 15.9. The number of rotatable bonds is 10. The number of hydrogen-bond donors (Lipinski definition) is 1. The van der Waals surface area contributed by atoms with Crippen LogP contribution >= 0.6 is 0 Å². The summed E-state index contributed by atoms with van der Waals surface area (Å²) in [7, 11) is -3.45. The lowest BCUT2D eigenvalue weighted by Gasteiger charge is -2.25. The van der Waals surface area contributed by atoms with Crippen LogP contribution in [0.15, 0.2) is 24.3 Å². The maximum Gasteiger partial charge on any atom is 0.232 e. The van der Waals surface area contributed by atoms with Crippen LogP contribution in [0, 0.1) is 0 Å². The van der Waals surface area contributed by atoms with Crippen molar-refractivity contribution in [3.8, 4) is 0 Å². The van der Waals surface area contributed by atoms with E-state index in [-0.39, 0.29) is 24.9 Å². The molecule has 1 aromatic rings. The molecule has 1 amide bonds. The molecule has 25 heavy (non-hydrogen) atoms. The lowest BCUT2D eigenvalue weighted by Crippen LogP contribution is -2.37. The molecule has 6 nitrogen and oxygen atoms in total. The van der Waals surface area contributed by atoms with Crippen LogP contribution in [0.3, 0.4) is 0 Å². The van der Waals surface area contributed by atoms with Gasteiger partial charge in [0.1, 0.15) is 0 Å². The minimum absolute atomic E-state index is 0.0903. The Labute approximate surface area is 152 Å². The molecule has 1 unspecified atom stereocenters. The van der Waals surface area contributed by atoms with Gasteiger partial charge in [0, 0.05) is 37.8 Å². The van der Waals surface area contributed by atoms with Crippen molar-refractivity contribution < 1.29 is 13.2 Å². The van der Waals surface area contributed by atoms with Gasteiger partial charge in [0.25, 0.3) is 0 Å². The minimum Gasteiger partial charge on any atom is -0.372 e. The van der Waals surface area contributed by atoms with E-state index in [1.807, 2.05) is 26.0 Å².